The number of anilines is 1. The van der Waals surface area contributed by atoms with Crippen molar-refractivity contribution in [2.75, 3.05) is 24.2 Å². The normalized spacial score (nSPS) is 25.0. The zero-order chi connectivity index (χ0) is 17.2. The SMILES string of the molecule is CCCC[C@@H]1CN(c2ccc(CS(C)(=O)=O)cn2)C[C@H](C2CC2)O1. The fourth-order valence-corrected chi connectivity index (χ4v) is 4.15. The number of unbranched alkanes of at least 4 members (excludes halogenated alkanes) is 1. The summed E-state index contributed by atoms with van der Waals surface area (Å²) < 4.78 is 29.1. The molecule has 0 radical (unpaired) electrons. The monoisotopic (exact) mass is 352 g/mol. The Balaban J connectivity index is 1.69. The van der Waals surface area contributed by atoms with E-state index in [1.165, 1.54) is 31.9 Å². The van der Waals surface area contributed by atoms with Crippen LogP contribution in [0.25, 0.3) is 0 Å². The lowest BCUT2D eigenvalue weighted by Crippen LogP contribution is -2.48. The fraction of sp³-hybridized carbons (Fsp3) is 0.722. The molecule has 0 amide bonds. The largest absolute Gasteiger partial charge is 0.371 e. The molecule has 0 unspecified atom stereocenters. The minimum absolute atomic E-state index is 0.0488. The first-order valence-corrected chi connectivity index (χ1v) is 11.0. The molecule has 0 N–H and O–H groups in total. The van der Waals surface area contributed by atoms with E-state index in [4.69, 9.17) is 4.74 Å². The molecule has 134 valence electrons. The van der Waals surface area contributed by atoms with Gasteiger partial charge in [0.1, 0.15) is 5.82 Å². The summed E-state index contributed by atoms with van der Waals surface area (Å²) in [5.74, 6) is 1.69. The third kappa shape index (κ3) is 4.93. The molecule has 0 aromatic carbocycles. The van der Waals surface area contributed by atoms with Crippen molar-refractivity contribution in [2.45, 2.75) is 57.0 Å². The highest BCUT2D eigenvalue weighted by Crippen LogP contribution is 2.37. The van der Waals surface area contributed by atoms with Crippen molar-refractivity contribution in [2.24, 2.45) is 5.92 Å². The van der Waals surface area contributed by atoms with E-state index in [2.05, 4.69) is 16.8 Å². The highest BCUT2D eigenvalue weighted by atomic mass is 32.2. The maximum atomic E-state index is 11.4. The lowest BCUT2D eigenvalue weighted by atomic mass is 10.1. The van der Waals surface area contributed by atoms with Gasteiger partial charge in [-0.3, -0.25) is 0 Å². The summed E-state index contributed by atoms with van der Waals surface area (Å²) in [4.78, 5) is 6.84. The highest BCUT2D eigenvalue weighted by Gasteiger charge is 2.38. The Hall–Kier alpha value is -1.14. The number of pyridine rings is 1. The maximum Gasteiger partial charge on any atom is 0.151 e. The number of sulfone groups is 1. The molecule has 1 saturated heterocycles. The maximum absolute atomic E-state index is 11.4. The summed E-state index contributed by atoms with van der Waals surface area (Å²) in [5.41, 5.74) is 0.746. The lowest BCUT2D eigenvalue weighted by molar-refractivity contribution is -0.0411. The van der Waals surface area contributed by atoms with E-state index in [0.29, 0.717) is 12.0 Å². The van der Waals surface area contributed by atoms with E-state index in [1.807, 2.05) is 12.1 Å². The first-order valence-electron chi connectivity index (χ1n) is 8.97. The van der Waals surface area contributed by atoms with E-state index in [9.17, 15) is 8.42 Å². The molecule has 6 heteroatoms. The van der Waals surface area contributed by atoms with Gasteiger partial charge in [0.25, 0.3) is 0 Å². The van der Waals surface area contributed by atoms with Gasteiger partial charge in [0, 0.05) is 25.5 Å². The minimum Gasteiger partial charge on any atom is -0.371 e. The topological polar surface area (TPSA) is 59.5 Å². The Morgan fingerprint density at radius 1 is 1.29 bits per heavy atom. The predicted octanol–water partition coefficient (Wildman–Crippen LogP) is 2.80. The van der Waals surface area contributed by atoms with Crippen molar-refractivity contribution >= 4 is 15.7 Å². The van der Waals surface area contributed by atoms with Crippen LogP contribution in [-0.2, 0) is 20.3 Å². The molecule has 2 fully saturated rings. The molecule has 1 aromatic rings. The smallest absolute Gasteiger partial charge is 0.151 e. The Bertz CT molecular complexity index is 641. The summed E-state index contributed by atoms with van der Waals surface area (Å²) in [6.45, 7) is 3.98. The van der Waals surface area contributed by atoms with Gasteiger partial charge in [0.2, 0.25) is 0 Å². The second-order valence-corrected chi connectivity index (χ2v) is 9.42. The third-order valence-corrected chi connectivity index (χ3v) is 5.64. The van der Waals surface area contributed by atoms with Crippen LogP contribution in [0.2, 0.25) is 0 Å². The Morgan fingerprint density at radius 3 is 2.67 bits per heavy atom. The number of rotatable bonds is 7. The van der Waals surface area contributed by atoms with Crippen molar-refractivity contribution in [1.29, 1.82) is 0 Å². The molecular formula is C18H28N2O3S. The average molecular weight is 353 g/mol. The van der Waals surface area contributed by atoms with Crippen LogP contribution < -0.4 is 4.90 Å². The van der Waals surface area contributed by atoms with Gasteiger partial charge in [-0.1, -0.05) is 25.8 Å². The second-order valence-electron chi connectivity index (χ2n) is 7.28. The number of nitrogens with zero attached hydrogens (tertiary/aromatic N) is 2. The van der Waals surface area contributed by atoms with Crippen molar-refractivity contribution in [3.8, 4) is 0 Å². The van der Waals surface area contributed by atoms with Gasteiger partial charge in [-0.25, -0.2) is 13.4 Å². The quantitative estimate of drug-likeness (QED) is 0.755. The van der Waals surface area contributed by atoms with Gasteiger partial charge < -0.3 is 9.64 Å². The van der Waals surface area contributed by atoms with Crippen LogP contribution in [0.4, 0.5) is 5.82 Å². The molecule has 1 aliphatic carbocycles. The van der Waals surface area contributed by atoms with Crippen LogP contribution in [0.5, 0.6) is 0 Å². The van der Waals surface area contributed by atoms with Crippen LogP contribution in [0.15, 0.2) is 18.3 Å². The number of hydrogen-bond acceptors (Lipinski definition) is 5. The van der Waals surface area contributed by atoms with Crippen LogP contribution in [-0.4, -0.2) is 45.0 Å². The molecular weight excluding hydrogens is 324 g/mol. The molecule has 0 bridgehead atoms. The standard InChI is InChI=1S/C18H28N2O3S/c1-3-4-5-16-11-20(12-17(23-16)15-7-8-15)18-9-6-14(10-19-18)13-24(2,21)22/h6,9-10,15-17H,3-5,7-8,11-13H2,1-2H3/t16-,17-/m1/s1. The lowest BCUT2D eigenvalue weighted by Gasteiger charge is -2.39. The molecule has 3 rings (SSSR count). The predicted molar refractivity (Wildman–Crippen MR) is 95.9 cm³/mol. The molecule has 24 heavy (non-hydrogen) atoms. The van der Waals surface area contributed by atoms with Crippen molar-refractivity contribution in [1.82, 2.24) is 4.98 Å². The summed E-state index contributed by atoms with van der Waals surface area (Å²) in [7, 11) is -3.02. The van der Waals surface area contributed by atoms with Crippen LogP contribution >= 0.6 is 0 Å². The van der Waals surface area contributed by atoms with Crippen molar-refractivity contribution in [3.63, 3.8) is 0 Å². The van der Waals surface area contributed by atoms with E-state index in [-0.39, 0.29) is 11.9 Å². The fourth-order valence-electron chi connectivity index (χ4n) is 3.37. The summed E-state index contributed by atoms with van der Waals surface area (Å²) >= 11 is 0. The molecule has 1 aliphatic heterocycles. The van der Waals surface area contributed by atoms with Gasteiger partial charge in [-0.2, -0.15) is 0 Å². The summed E-state index contributed by atoms with van der Waals surface area (Å²) in [5, 5.41) is 0. The van der Waals surface area contributed by atoms with E-state index >= 15 is 0 Å². The Labute approximate surface area is 145 Å². The van der Waals surface area contributed by atoms with Crippen LogP contribution in [0.1, 0.15) is 44.6 Å². The number of aromatic nitrogens is 1. The van der Waals surface area contributed by atoms with Gasteiger partial charge in [0.15, 0.2) is 9.84 Å². The third-order valence-electron chi connectivity index (χ3n) is 4.78. The molecule has 1 aromatic heterocycles. The van der Waals surface area contributed by atoms with E-state index in [0.717, 1.165) is 30.9 Å². The molecule has 2 aliphatic rings. The highest BCUT2D eigenvalue weighted by molar-refractivity contribution is 7.89. The summed E-state index contributed by atoms with van der Waals surface area (Å²) in [6.07, 6.45) is 9.57. The van der Waals surface area contributed by atoms with E-state index in [1.54, 1.807) is 6.20 Å². The first-order chi connectivity index (χ1) is 11.4. The Morgan fingerprint density at radius 2 is 2.08 bits per heavy atom. The average Bonchev–Trinajstić information content (AvgIpc) is 3.37. The molecule has 2 atom stereocenters. The minimum atomic E-state index is -3.02. The number of ether oxygens (including phenoxy) is 1. The number of morpholine rings is 1. The summed E-state index contributed by atoms with van der Waals surface area (Å²) in [6, 6.07) is 3.83. The van der Waals surface area contributed by atoms with Crippen molar-refractivity contribution < 1.29 is 13.2 Å². The van der Waals surface area contributed by atoms with Gasteiger partial charge in [-0.05, 0) is 36.8 Å². The van der Waals surface area contributed by atoms with Crippen LogP contribution in [0.3, 0.4) is 0 Å². The Kier molecular flexibility index (Phi) is 5.45. The van der Waals surface area contributed by atoms with Gasteiger partial charge in [0.05, 0.1) is 18.0 Å². The van der Waals surface area contributed by atoms with Crippen LogP contribution in [0, 0.1) is 5.92 Å². The molecule has 1 saturated carbocycles. The number of hydrogen-bond donors (Lipinski definition) is 0. The van der Waals surface area contributed by atoms with Gasteiger partial charge in [-0.15, -0.1) is 0 Å². The zero-order valence-corrected chi connectivity index (χ0v) is 15.5. The first kappa shape index (κ1) is 17.7. The van der Waals surface area contributed by atoms with E-state index < -0.39 is 9.84 Å². The second kappa shape index (κ2) is 7.40. The molecule has 5 nitrogen and oxygen atoms in total. The zero-order valence-electron chi connectivity index (χ0n) is 14.6. The van der Waals surface area contributed by atoms with Gasteiger partial charge >= 0.3 is 0 Å². The molecule has 2 heterocycles. The van der Waals surface area contributed by atoms with Crippen molar-refractivity contribution in [3.05, 3.63) is 23.9 Å². The molecule has 0 spiro atoms.